The average Bonchev–Trinajstić information content (AvgIpc) is 3.36. The van der Waals surface area contributed by atoms with Gasteiger partial charge in [0.15, 0.2) is 6.29 Å². The van der Waals surface area contributed by atoms with Gasteiger partial charge in [0.25, 0.3) is 0 Å². The third-order valence-electron chi connectivity index (χ3n) is 11.3. The molecule has 0 aliphatic carbocycles. The molecule has 394 valence electrons. The summed E-state index contributed by atoms with van der Waals surface area (Å²) in [6.07, 6.45) is 68.8. The van der Waals surface area contributed by atoms with E-state index in [0.29, 0.717) is 6.61 Å². The number of rotatable bonds is 44. The van der Waals surface area contributed by atoms with E-state index in [9.17, 15) is 25.2 Å². The summed E-state index contributed by atoms with van der Waals surface area (Å²) in [5.41, 5.74) is 0. The molecule has 0 amide bonds. The van der Waals surface area contributed by atoms with Gasteiger partial charge in [0, 0.05) is 13.0 Å². The summed E-state index contributed by atoms with van der Waals surface area (Å²) >= 11 is 0. The fourth-order valence-corrected chi connectivity index (χ4v) is 7.14. The number of ether oxygens (including phenoxy) is 4. The van der Waals surface area contributed by atoms with Gasteiger partial charge in [-0.1, -0.05) is 192 Å². The average molecular weight is 973 g/mol. The maximum Gasteiger partial charge on any atom is 0.306 e. The number of unbranched alkanes of at least 4 members (excludes halogenated alkanes) is 9. The minimum absolute atomic E-state index is 0.0985. The summed E-state index contributed by atoms with van der Waals surface area (Å²) in [6.45, 7) is 4.18. The van der Waals surface area contributed by atoms with Crippen molar-refractivity contribution in [1.82, 2.24) is 0 Å². The van der Waals surface area contributed by atoms with E-state index in [0.717, 1.165) is 128 Å². The van der Waals surface area contributed by atoms with Crippen LogP contribution >= 0.6 is 0 Å². The number of allylic oxidation sites excluding steroid dienone is 24. The molecule has 0 aromatic rings. The second kappa shape index (κ2) is 50.0. The van der Waals surface area contributed by atoms with E-state index in [1.54, 1.807) is 0 Å². The number of carbonyl (C=O) groups is 1. The second-order valence-corrected chi connectivity index (χ2v) is 17.6. The smallest absolute Gasteiger partial charge is 0.306 e. The Labute approximate surface area is 425 Å². The third-order valence-corrected chi connectivity index (χ3v) is 11.3. The van der Waals surface area contributed by atoms with Crippen molar-refractivity contribution in [3.8, 4) is 0 Å². The molecule has 0 spiro atoms. The Bertz CT molecular complexity index is 1580. The van der Waals surface area contributed by atoms with Gasteiger partial charge in [0.2, 0.25) is 0 Å². The molecule has 4 N–H and O–H groups in total. The van der Waals surface area contributed by atoms with Gasteiger partial charge in [-0.3, -0.25) is 4.79 Å². The Balaban J connectivity index is 2.27. The van der Waals surface area contributed by atoms with Crippen LogP contribution in [0.4, 0.5) is 0 Å². The third kappa shape index (κ3) is 39.8. The van der Waals surface area contributed by atoms with Crippen LogP contribution in [0.1, 0.15) is 168 Å². The first-order chi connectivity index (χ1) is 34.4. The van der Waals surface area contributed by atoms with Crippen molar-refractivity contribution in [2.24, 2.45) is 0 Å². The molecule has 1 fully saturated rings. The van der Waals surface area contributed by atoms with Crippen molar-refractivity contribution >= 4 is 5.97 Å². The number of hydrogen-bond acceptors (Lipinski definition) is 9. The second-order valence-electron chi connectivity index (χ2n) is 17.6. The lowest BCUT2D eigenvalue weighted by Crippen LogP contribution is -2.59. The number of hydrogen-bond donors (Lipinski definition) is 4. The van der Waals surface area contributed by atoms with E-state index < -0.39 is 43.4 Å². The molecule has 6 unspecified atom stereocenters. The molecule has 1 aliphatic rings. The zero-order valence-corrected chi connectivity index (χ0v) is 43.4. The van der Waals surface area contributed by atoms with Gasteiger partial charge >= 0.3 is 5.97 Å². The Hall–Kier alpha value is -3.93. The van der Waals surface area contributed by atoms with Gasteiger partial charge < -0.3 is 39.4 Å². The molecule has 0 bridgehead atoms. The van der Waals surface area contributed by atoms with Gasteiger partial charge in [0.1, 0.15) is 30.5 Å². The first-order valence-corrected chi connectivity index (χ1v) is 26.9. The zero-order chi connectivity index (χ0) is 50.6. The number of esters is 1. The molecule has 1 aliphatic heterocycles. The molecular weight excluding hydrogens is 877 g/mol. The fraction of sp³-hybridized carbons (Fsp3) is 0.590. The minimum Gasteiger partial charge on any atom is -0.457 e. The van der Waals surface area contributed by atoms with Crippen molar-refractivity contribution in [2.45, 2.75) is 205 Å². The maximum atomic E-state index is 12.9. The summed E-state index contributed by atoms with van der Waals surface area (Å²) in [6, 6.07) is 0. The Morgan fingerprint density at radius 3 is 1.24 bits per heavy atom. The molecule has 1 saturated heterocycles. The highest BCUT2D eigenvalue weighted by Gasteiger charge is 2.44. The molecule has 0 aromatic heterocycles. The highest BCUT2D eigenvalue weighted by atomic mass is 16.7. The Morgan fingerprint density at radius 1 is 0.457 bits per heavy atom. The fourth-order valence-electron chi connectivity index (χ4n) is 7.14. The van der Waals surface area contributed by atoms with Gasteiger partial charge in [0.05, 0.1) is 19.8 Å². The van der Waals surface area contributed by atoms with Crippen molar-refractivity contribution in [3.05, 3.63) is 146 Å². The van der Waals surface area contributed by atoms with E-state index in [2.05, 4.69) is 160 Å². The molecule has 6 atom stereocenters. The van der Waals surface area contributed by atoms with E-state index in [4.69, 9.17) is 18.9 Å². The minimum atomic E-state index is -1.56. The quantitative estimate of drug-likeness (QED) is 0.0267. The van der Waals surface area contributed by atoms with Crippen LogP contribution in [0.5, 0.6) is 0 Å². The topological polar surface area (TPSA) is 135 Å². The normalized spacial score (nSPS) is 20.1. The molecular formula is C61H96O9. The SMILES string of the molecule is CC/C=C\C/C=C\C/C=C\C/C=C\C/C=C\C/C=C\C/C=C\CCCCOCC(COC1OC(CO)C(O)C(O)C1O)OC(=O)CCCCCCCCC/C=C\C/C=C\C/C=C\C/C=C\C/C=C\CC. The molecule has 9 nitrogen and oxygen atoms in total. The molecule has 9 heteroatoms. The zero-order valence-electron chi connectivity index (χ0n) is 43.4. The van der Waals surface area contributed by atoms with Gasteiger partial charge in [-0.15, -0.1) is 0 Å². The highest BCUT2D eigenvalue weighted by molar-refractivity contribution is 5.69. The van der Waals surface area contributed by atoms with Gasteiger partial charge in [-0.25, -0.2) is 0 Å². The lowest BCUT2D eigenvalue weighted by atomic mass is 9.99. The molecule has 1 rings (SSSR count). The van der Waals surface area contributed by atoms with E-state index in [-0.39, 0.29) is 25.6 Å². The molecule has 0 aromatic carbocycles. The first-order valence-electron chi connectivity index (χ1n) is 26.9. The number of aliphatic hydroxyl groups is 4. The van der Waals surface area contributed by atoms with Crippen LogP contribution in [0.15, 0.2) is 146 Å². The molecule has 0 saturated carbocycles. The van der Waals surface area contributed by atoms with E-state index in [1.807, 2.05) is 0 Å². The summed E-state index contributed by atoms with van der Waals surface area (Å²) in [4.78, 5) is 12.9. The molecule has 0 radical (unpaired) electrons. The van der Waals surface area contributed by atoms with E-state index >= 15 is 0 Å². The van der Waals surface area contributed by atoms with Crippen LogP contribution in [-0.2, 0) is 23.7 Å². The van der Waals surface area contributed by atoms with Crippen LogP contribution in [0.3, 0.4) is 0 Å². The predicted molar refractivity (Wildman–Crippen MR) is 292 cm³/mol. The molecule has 1 heterocycles. The van der Waals surface area contributed by atoms with Crippen molar-refractivity contribution in [1.29, 1.82) is 0 Å². The highest BCUT2D eigenvalue weighted by Crippen LogP contribution is 2.22. The van der Waals surface area contributed by atoms with Crippen LogP contribution in [0.25, 0.3) is 0 Å². The monoisotopic (exact) mass is 973 g/mol. The Morgan fingerprint density at radius 2 is 0.829 bits per heavy atom. The predicted octanol–water partition coefficient (Wildman–Crippen LogP) is 13.8. The number of aliphatic hydroxyl groups excluding tert-OH is 4. The van der Waals surface area contributed by atoms with Crippen LogP contribution in [0.2, 0.25) is 0 Å². The van der Waals surface area contributed by atoms with E-state index in [1.165, 1.54) is 19.3 Å². The summed E-state index contributed by atoms with van der Waals surface area (Å²) in [5.74, 6) is -0.347. The summed E-state index contributed by atoms with van der Waals surface area (Å²) in [5, 5.41) is 40.3. The summed E-state index contributed by atoms with van der Waals surface area (Å²) < 4.78 is 22.9. The van der Waals surface area contributed by atoms with Crippen molar-refractivity contribution < 1.29 is 44.2 Å². The lowest BCUT2D eigenvalue weighted by Gasteiger charge is -2.39. The van der Waals surface area contributed by atoms with Crippen LogP contribution in [-0.4, -0.2) is 89.6 Å². The van der Waals surface area contributed by atoms with Crippen LogP contribution < -0.4 is 0 Å². The maximum absolute atomic E-state index is 12.9. The van der Waals surface area contributed by atoms with Gasteiger partial charge in [-0.05, 0) is 116 Å². The van der Waals surface area contributed by atoms with Crippen LogP contribution in [0, 0.1) is 0 Å². The number of carbonyl (C=O) groups excluding carboxylic acids is 1. The lowest BCUT2D eigenvalue weighted by molar-refractivity contribution is -0.305. The molecule has 70 heavy (non-hydrogen) atoms. The Kier molecular flexibility index (Phi) is 45.8. The summed E-state index contributed by atoms with van der Waals surface area (Å²) in [7, 11) is 0. The first kappa shape index (κ1) is 64.1. The largest absolute Gasteiger partial charge is 0.457 e. The van der Waals surface area contributed by atoms with Crippen molar-refractivity contribution in [2.75, 3.05) is 26.4 Å². The standard InChI is InChI=1S/C61H96O9/c1-3-5-7-9-11-13-15-17-19-21-23-25-27-29-31-33-35-37-39-41-43-45-47-49-51-67-53-55(54-68-61-60(66)59(65)58(64)56(52-62)70-61)69-57(63)50-48-46-44-42-40-38-36-34-32-30-28-26-24-22-20-18-16-14-12-10-8-6-4-2/h5-8,11-14,17-20,23-26,29-32,35,37,41,43,55-56,58-62,64-66H,3-4,9-10,15-16,21-22,27-28,33-34,36,38-40,42,44-54H2,1-2H3/b7-5-,8-6-,13-11-,14-12-,19-17-,20-18-,25-23-,26-24-,31-29-,32-30-,37-35-,43-41-. The van der Waals surface area contributed by atoms with Gasteiger partial charge in [-0.2, -0.15) is 0 Å². The van der Waals surface area contributed by atoms with Crippen molar-refractivity contribution in [3.63, 3.8) is 0 Å².